The number of nitrogens with zero attached hydrogens (tertiary/aromatic N) is 2. The maximum absolute atomic E-state index is 11.7. The molecule has 1 aliphatic heterocycles. The van der Waals surface area contributed by atoms with Crippen molar-refractivity contribution in [3.05, 3.63) is 29.0 Å². The Morgan fingerprint density at radius 3 is 2.93 bits per heavy atom. The van der Waals surface area contributed by atoms with Crippen molar-refractivity contribution < 1.29 is 4.79 Å². The number of halogens is 1. The van der Waals surface area contributed by atoms with Gasteiger partial charge in [-0.2, -0.15) is 0 Å². The number of carbonyl (C=O) groups excluding carboxylic acids is 1. The van der Waals surface area contributed by atoms with E-state index in [9.17, 15) is 4.79 Å². The van der Waals surface area contributed by atoms with Crippen LogP contribution in [0.3, 0.4) is 0 Å². The molecule has 1 atom stereocenters. The van der Waals surface area contributed by atoms with Crippen molar-refractivity contribution in [3.63, 3.8) is 0 Å². The number of hydrogen-bond donors (Lipinski definition) is 0. The minimum atomic E-state index is 0.123. The molecule has 1 amide bonds. The molecule has 2 heterocycles. The summed E-state index contributed by atoms with van der Waals surface area (Å²) in [6, 6.07) is 3.70. The van der Waals surface area contributed by atoms with Crippen LogP contribution in [0, 0.1) is 5.92 Å². The molecule has 1 saturated heterocycles. The number of carbonyl (C=O) groups is 1. The predicted octanol–water partition coefficient (Wildman–Crippen LogP) is 1.76. The Bertz CT molecular complexity index is 363. The summed E-state index contributed by atoms with van der Waals surface area (Å²) in [5.74, 6) is 0.364. The summed E-state index contributed by atoms with van der Waals surface area (Å²) in [6.07, 6.45) is 3.46. The molecule has 1 aromatic rings. The standard InChI is InChI=1S/C11H13ClN2O/c1-14-5-4-9(11(14)15)6-8-2-3-10(12)13-7-8/h2-3,7,9H,4-6H2,1H3. The molecule has 4 heteroatoms. The van der Waals surface area contributed by atoms with Crippen LogP contribution in [0.25, 0.3) is 0 Å². The zero-order chi connectivity index (χ0) is 10.8. The Kier molecular flexibility index (Phi) is 2.91. The molecule has 3 nitrogen and oxygen atoms in total. The van der Waals surface area contributed by atoms with Crippen molar-refractivity contribution >= 4 is 17.5 Å². The third kappa shape index (κ3) is 2.29. The van der Waals surface area contributed by atoms with Gasteiger partial charge in [-0.15, -0.1) is 0 Å². The van der Waals surface area contributed by atoms with E-state index >= 15 is 0 Å². The molecule has 0 aromatic carbocycles. The first kappa shape index (κ1) is 10.4. The van der Waals surface area contributed by atoms with Gasteiger partial charge < -0.3 is 4.90 Å². The Labute approximate surface area is 94.1 Å². The van der Waals surface area contributed by atoms with Gasteiger partial charge in [0.25, 0.3) is 0 Å². The average molecular weight is 225 g/mol. The first-order valence-electron chi connectivity index (χ1n) is 5.02. The zero-order valence-corrected chi connectivity index (χ0v) is 9.37. The molecule has 80 valence electrons. The molecule has 2 rings (SSSR count). The van der Waals surface area contributed by atoms with E-state index < -0.39 is 0 Å². The van der Waals surface area contributed by atoms with E-state index in [0.29, 0.717) is 5.15 Å². The topological polar surface area (TPSA) is 33.2 Å². The van der Waals surface area contributed by atoms with Gasteiger partial charge in [0.1, 0.15) is 5.15 Å². The predicted molar refractivity (Wildman–Crippen MR) is 58.7 cm³/mol. The molecular formula is C11H13ClN2O. The van der Waals surface area contributed by atoms with Gasteiger partial charge in [0.2, 0.25) is 5.91 Å². The average Bonchev–Trinajstić information content (AvgIpc) is 2.53. The van der Waals surface area contributed by atoms with Gasteiger partial charge in [-0.05, 0) is 24.5 Å². The highest BCUT2D eigenvalue weighted by Gasteiger charge is 2.28. The van der Waals surface area contributed by atoms with Crippen LogP contribution in [0.1, 0.15) is 12.0 Å². The van der Waals surface area contributed by atoms with Crippen LogP contribution in [-0.2, 0) is 11.2 Å². The van der Waals surface area contributed by atoms with Gasteiger partial charge in [-0.3, -0.25) is 4.79 Å². The van der Waals surface area contributed by atoms with E-state index in [0.717, 1.165) is 24.9 Å². The van der Waals surface area contributed by atoms with Gasteiger partial charge in [0, 0.05) is 25.7 Å². The lowest BCUT2D eigenvalue weighted by molar-refractivity contribution is -0.129. The van der Waals surface area contributed by atoms with Crippen molar-refractivity contribution in [1.29, 1.82) is 0 Å². The third-order valence-electron chi connectivity index (χ3n) is 2.81. The summed E-state index contributed by atoms with van der Waals surface area (Å²) in [5, 5.41) is 0.494. The second kappa shape index (κ2) is 4.19. The number of pyridine rings is 1. The van der Waals surface area contributed by atoms with Crippen molar-refractivity contribution in [1.82, 2.24) is 9.88 Å². The molecule has 1 fully saturated rings. The monoisotopic (exact) mass is 224 g/mol. The highest BCUT2D eigenvalue weighted by atomic mass is 35.5. The SMILES string of the molecule is CN1CCC(Cc2ccc(Cl)nc2)C1=O. The molecular weight excluding hydrogens is 212 g/mol. The Balaban J connectivity index is 2.03. The molecule has 0 spiro atoms. The van der Waals surface area contributed by atoms with E-state index in [1.165, 1.54) is 0 Å². The lowest BCUT2D eigenvalue weighted by atomic mass is 9.99. The fourth-order valence-electron chi connectivity index (χ4n) is 1.90. The minimum Gasteiger partial charge on any atom is -0.345 e. The largest absolute Gasteiger partial charge is 0.345 e. The van der Waals surface area contributed by atoms with E-state index in [1.807, 2.05) is 13.1 Å². The summed E-state index contributed by atoms with van der Waals surface area (Å²) in [7, 11) is 1.85. The number of likely N-dealkylation sites (tertiary alicyclic amines) is 1. The van der Waals surface area contributed by atoms with Gasteiger partial charge in [-0.25, -0.2) is 4.98 Å². The quantitative estimate of drug-likeness (QED) is 0.718. The molecule has 1 aliphatic rings. The van der Waals surface area contributed by atoms with Gasteiger partial charge >= 0.3 is 0 Å². The summed E-state index contributed by atoms with van der Waals surface area (Å²) in [4.78, 5) is 17.4. The molecule has 0 N–H and O–H groups in total. The van der Waals surface area contributed by atoms with Crippen molar-refractivity contribution in [2.24, 2.45) is 5.92 Å². The van der Waals surface area contributed by atoms with Crippen molar-refractivity contribution in [2.45, 2.75) is 12.8 Å². The van der Waals surface area contributed by atoms with E-state index in [1.54, 1.807) is 17.2 Å². The van der Waals surface area contributed by atoms with Gasteiger partial charge in [0.15, 0.2) is 0 Å². The fourth-order valence-corrected chi connectivity index (χ4v) is 2.01. The zero-order valence-electron chi connectivity index (χ0n) is 8.61. The molecule has 1 aromatic heterocycles. The van der Waals surface area contributed by atoms with Crippen LogP contribution >= 0.6 is 11.6 Å². The maximum atomic E-state index is 11.7. The van der Waals surface area contributed by atoms with Crippen LogP contribution in [-0.4, -0.2) is 29.4 Å². The number of hydrogen-bond acceptors (Lipinski definition) is 2. The number of rotatable bonds is 2. The summed E-state index contributed by atoms with van der Waals surface area (Å²) in [5.41, 5.74) is 1.08. The maximum Gasteiger partial charge on any atom is 0.225 e. The molecule has 0 aliphatic carbocycles. The van der Waals surface area contributed by atoms with Crippen molar-refractivity contribution in [3.8, 4) is 0 Å². The number of amides is 1. The summed E-state index contributed by atoms with van der Waals surface area (Å²) < 4.78 is 0. The van der Waals surface area contributed by atoms with Crippen LogP contribution in [0.4, 0.5) is 0 Å². The van der Waals surface area contributed by atoms with E-state index in [4.69, 9.17) is 11.6 Å². The second-order valence-corrected chi connectivity index (χ2v) is 4.33. The lowest BCUT2D eigenvalue weighted by Gasteiger charge is -2.09. The van der Waals surface area contributed by atoms with Crippen molar-refractivity contribution in [2.75, 3.05) is 13.6 Å². The molecule has 0 radical (unpaired) electrons. The van der Waals surface area contributed by atoms with Gasteiger partial charge in [0.05, 0.1) is 0 Å². The third-order valence-corrected chi connectivity index (χ3v) is 3.03. The van der Waals surface area contributed by atoms with Crippen LogP contribution in [0.5, 0.6) is 0 Å². The Hall–Kier alpha value is -1.09. The molecule has 15 heavy (non-hydrogen) atoms. The van der Waals surface area contributed by atoms with Gasteiger partial charge in [-0.1, -0.05) is 17.7 Å². The molecule has 1 unspecified atom stereocenters. The van der Waals surface area contributed by atoms with Crippen LogP contribution in [0.2, 0.25) is 5.15 Å². The first-order valence-corrected chi connectivity index (χ1v) is 5.40. The molecule has 0 saturated carbocycles. The van der Waals surface area contributed by atoms with Crippen LogP contribution in [0.15, 0.2) is 18.3 Å². The normalized spacial score (nSPS) is 21.1. The summed E-state index contributed by atoms with van der Waals surface area (Å²) >= 11 is 5.69. The lowest BCUT2D eigenvalue weighted by Crippen LogP contribution is -2.23. The Morgan fingerprint density at radius 2 is 2.40 bits per heavy atom. The first-order chi connectivity index (χ1) is 7.16. The highest BCUT2D eigenvalue weighted by Crippen LogP contribution is 2.21. The van der Waals surface area contributed by atoms with E-state index in [2.05, 4.69) is 4.98 Å². The molecule has 0 bridgehead atoms. The highest BCUT2D eigenvalue weighted by molar-refractivity contribution is 6.29. The van der Waals surface area contributed by atoms with Crippen LogP contribution < -0.4 is 0 Å². The van der Waals surface area contributed by atoms with E-state index in [-0.39, 0.29) is 11.8 Å². The smallest absolute Gasteiger partial charge is 0.225 e. The fraction of sp³-hybridized carbons (Fsp3) is 0.455. The second-order valence-electron chi connectivity index (χ2n) is 3.94. The Morgan fingerprint density at radius 1 is 1.60 bits per heavy atom. The summed E-state index contributed by atoms with van der Waals surface area (Å²) in [6.45, 7) is 0.866. The minimum absolute atomic E-state index is 0.123. The number of aromatic nitrogens is 1.